The average Bonchev–Trinajstić information content (AvgIpc) is 2.67. The number of anilines is 1. The van der Waals surface area contributed by atoms with E-state index in [1.165, 1.54) is 24.2 Å². The van der Waals surface area contributed by atoms with Crippen molar-refractivity contribution in [3.8, 4) is 0 Å². The van der Waals surface area contributed by atoms with Crippen molar-refractivity contribution in [1.29, 1.82) is 0 Å². The minimum Gasteiger partial charge on any atom is -0.354 e. The monoisotopic (exact) mass is 278 g/mol. The Hall–Kier alpha value is -1.03. The van der Waals surface area contributed by atoms with Gasteiger partial charge in [-0.25, -0.2) is 0 Å². The van der Waals surface area contributed by atoms with E-state index in [-0.39, 0.29) is 6.04 Å². The van der Waals surface area contributed by atoms with Crippen molar-refractivity contribution in [2.45, 2.75) is 65.5 Å². The highest BCUT2D eigenvalue weighted by Gasteiger charge is 2.28. The van der Waals surface area contributed by atoms with Crippen LogP contribution in [0.25, 0.3) is 0 Å². The van der Waals surface area contributed by atoms with Gasteiger partial charge in [0, 0.05) is 31.2 Å². The first-order chi connectivity index (χ1) is 9.43. The highest BCUT2D eigenvalue weighted by molar-refractivity contribution is 5.52. The lowest BCUT2D eigenvalue weighted by Crippen LogP contribution is -2.42. The molecule has 3 atom stereocenters. The number of aryl methyl sites for hydroxylation is 2. The molecule has 0 aromatic carbocycles. The maximum Gasteiger partial charge on any atom is 0.130 e. The van der Waals surface area contributed by atoms with E-state index in [4.69, 9.17) is 5.73 Å². The zero-order valence-electron chi connectivity index (χ0n) is 13.7. The first kappa shape index (κ1) is 15.4. The molecule has 1 aliphatic heterocycles. The van der Waals surface area contributed by atoms with Crippen molar-refractivity contribution in [2.75, 3.05) is 11.4 Å². The lowest BCUT2D eigenvalue weighted by Gasteiger charge is -2.39. The van der Waals surface area contributed by atoms with Crippen molar-refractivity contribution in [2.24, 2.45) is 18.7 Å². The van der Waals surface area contributed by atoms with Gasteiger partial charge in [0.2, 0.25) is 0 Å². The van der Waals surface area contributed by atoms with Crippen LogP contribution in [0.2, 0.25) is 0 Å². The molecule has 1 aliphatic rings. The summed E-state index contributed by atoms with van der Waals surface area (Å²) < 4.78 is 2.06. The topological polar surface area (TPSA) is 47.1 Å². The molecule has 2 rings (SSSR count). The lowest BCUT2D eigenvalue weighted by molar-refractivity contribution is 0.383. The Morgan fingerprint density at radius 2 is 2.05 bits per heavy atom. The highest BCUT2D eigenvalue weighted by Crippen LogP contribution is 2.32. The van der Waals surface area contributed by atoms with Crippen molar-refractivity contribution >= 4 is 5.82 Å². The molecule has 3 unspecified atom stereocenters. The number of hydrogen-bond acceptors (Lipinski definition) is 3. The quantitative estimate of drug-likeness (QED) is 0.921. The van der Waals surface area contributed by atoms with Crippen molar-refractivity contribution in [1.82, 2.24) is 9.78 Å². The molecule has 4 nitrogen and oxygen atoms in total. The van der Waals surface area contributed by atoms with Gasteiger partial charge in [0.05, 0.1) is 5.69 Å². The van der Waals surface area contributed by atoms with Crippen molar-refractivity contribution in [3.63, 3.8) is 0 Å². The first-order valence-corrected chi connectivity index (χ1v) is 7.98. The smallest absolute Gasteiger partial charge is 0.130 e. The summed E-state index contributed by atoms with van der Waals surface area (Å²) in [5.74, 6) is 2.06. The fraction of sp³-hybridized carbons (Fsp3) is 0.812. The van der Waals surface area contributed by atoms with Gasteiger partial charge >= 0.3 is 0 Å². The Kier molecular flexibility index (Phi) is 4.74. The molecule has 0 saturated carbocycles. The standard InChI is InChI=1S/C16H30N4/c1-6-14(17)9-15-13(4)18-19(5)16(15)20-10-11(2)7-8-12(20)3/h11-12,14H,6-10,17H2,1-5H3. The third-order valence-corrected chi connectivity index (χ3v) is 4.69. The summed E-state index contributed by atoms with van der Waals surface area (Å²) in [6.07, 6.45) is 4.55. The van der Waals surface area contributed by atoms with Crippen LogP contribution in [0, 0.1) is 12.8 Å². The molecule has 0 bridgehead atoms. The van der Waals surface area contributed by atoms with Gasteiger partial charge in [0.25, 0.3) is 0 Å². The fourth-order valence-electron chi connectivity index (χ4n) is 3.28. The van der Waals surface area contributed by atoms with Crippen LogP contribution in [0.1, 0.15) is 51.3 Å². The van der Waals surface area contributed by atoms with Gasteiger partial charge in [-0.3, -0.25) is 4.68 Å². The number of aromatic nitrogens is 2. The zero-order chi connectivity index (χ0) is 14.9. The minimum absolute atomic E-state index is 0.231. The SMILES string of the molecule is CCC(N)Cc1c(C)nn(C)c1N1CC(C)CCC1C. The third-order valence-electron chi connectivity index (χ3n) is 4.69. The van der Waals surface area contributed by atoms with E-state index >= 15 is 0 Å². The Morgan fingerprint density at radius 3 is 2.70 bits per heavy atom. The minimum atomic E-state index is 0.231. The average molecular weight is 278 g/mol. The summed E-state index contributed by atoms with van der Waals surface area (Å²) in [5.41, 5.74) is 8.67. The summed E-state index contributed by atoms with van der Waals surface area (Å²) in [4.78, 5) is 2.55. The molecule has 0 aliphatic carbocycles. The van der Waals surface area contributed by atoms with E-state index < -0.39 is 0 Å². The van der Waals surface area contributed by atoms with E-state index in [1.54, 1.807) is 0 Å². The van der Waals surface area contributed by atoms with E-state index in [9.17, 15) is 0 Å². The van der Waals surface area contributed by atoms with Gasteiger partial charge in [-0.15, -0.1) is 0 Å². The van der Waals surface area contributed by atoms with E-state index in [1.807, 2.05) is 0 Å². The van der Waals surface area contributed by atoms with Crippen molar-refractivity contribution < 1.29 is 0 Å². The normalized spacial score (nSPS) is 25.0. The fourth-order valence-corrected chi connectivity index (χ4v) is 3.28. The number of piperidine rings is 1. The van der Waals surface area contributed by atoms with Gasteiger partial charge in [-0.05, 0) is 45.4 Å². The molecule has 2 N–H and O–H groups in total. The van der Waals surface area contributed by atoms with Crippen molar-refractivity contribution in [3.05, 3.63) is 11.3 Å². The van der Waals surface area contributed by atoms with Crippen LogP contribution in [0.4, 0.5) is 5.82 Å². The molecule has 1 aromatic rings. The number of nitrogens with zero attached hydrogens (tertiary/aromatic N) is 3. The molecular formula is C16H30N4. The van der Waals surface area contributed by atoms with Crippen LogP contribution in [-0.4, -0.2) is 28.4 Å². The van der Waals surface area contributed by atoms with E-state index in [2.05, 4.69) is 49.4 Å². The second kappa shape index (κ2) is 6.17. The van der Waals surface area contributed by atoms with Gasteiger partial charge < -0.3 is 10.6 Å². The molecule has 0 radical (unpaired) electrons. The second-order valence-corrected chi connectivity index (χ2v) is 6.57. The van der Waals surface area contributed by atoms with Gasteiger partial charge in [0.1, 0.15) is 5.82 Å². The molecule has 20 heavy (non-hydrogen) atoms. The van der Waals surface area contributed by atoms with E-state index in [0.717, 1.165) is 31.0 Å². The highest BCUT2D eigenvalue weighted by atomic mass is 15.4. The molecule has 0 amide bonds. The van der Waals surface area contributed by atoms with Crippen LogP contribution < -0.4 is 10.6 Å². The zero-order valence-corrected chi connectivity index (χ0v) is 13.7. The van der Waals surface area contributed by atoms with E-state index in [0.29, 0.717) is 6.04 Å². The molecule has 0 spiro atoms. The maximum atomic E-state index is 6.19. The number of rotatable bonds is 4. The van der Waals surface area contributed by atoms with Crippen LogP contribution >= 0.6 is 0 Å². The number of hydrogen-bond donors (Lipinski definition) is 1. The van der Waals surface area contributed by atoms with Gasteiger partial charge in [-0.1, -0.05) is 13.8 Å². The Balaban J connectivity index is 2.34. The van der Waals surface area contributed by atoms with Gasteiger partial charge in [0.15, 0.2) is 0 Å². The third kappa shape index (κ3) is 3.00. The summed E-state index contributed by atoms with van der Waals surface area (Å²) in [5, 5.41) is 4.65. The maximum absolute atomic E-state index is 6.19. The van der Waals surface area contributed by atoms with Crippen LogP contribution in [-0.2, 0) is 13.5 Å². The molecule has 1 fully saturated rings. The molecule has 4 heteroatoms. The lowest BCUT2D eigenvalue weighted by atomic mass is 9.94. The Morgan fingerprint density at radius 1 is 1.35 bits per heavy atom. The summed E-state index contributed by atoms with van der Waals surface area (Å²) in [6.45, 7) is 10.1. The van der Waals surface area contributed by atoms with Crippen LogP contribution in [0.3, 0.4) is 0 Å². The molecular weight excluding hydrogens is 248 g/mol. The molecule has 114 valence electrons. The summed E-state index contributed by atoms with van der Waals surface area (Å²) in [6, 6.07) is 0.826. The number of nitrogens with two attached hydrogens (primary N) is 1. The second-order valence-electron chi connectivity index (χ2n) is 6.57. The van der Waals surface area contributed by atoms with Gasteiger partial charge in [-0.2, -0.15) is 5.10 Å². The first-order valence-electron chi connectivity index (χ1n) is 7.98. The molecule has 2 heterocycles. The van der Waals surface area contributed by atoms with Crippen LogP contribution in [0.5, 0.6) is 0 Å². The largest absolute Gasteiger partial charge is 0.354 e. The Labute approximate surface area is 123 Å². The summed E-state index contributed by atoms with van der Waals surface area (Å²) in [7, 11) is 2.06. The Bertz CT molecular complexity index is 452. The molecule has 1 aromatic heterocycles. The molecule has 1 saturated heterocycles. The predicted molar refractivity (Wildman–Crippen MR) is 85.1 cm³/mol. The predicted octanol–water partition coefficient (Wildman–Crippen LogP) is 2.63. The van der Waals surface area contributed by atoms with Crippen LogP contribution in [0.15, 0.2) is 0 Å². The summed E-state index contributed by atoms with van der Waals surface area (Å²) >= 11 is 0.